The summed E-state index contributed by atoms with van der Waals surface area (Å²) in [5.74, 6) is 0.765. The summed E-state index contributed by atoms with van der Waals surface area (Å²) in [6.07, 6.45) is 1.50. The number of nitrogens with zero attached hydrogens (tertiary/aromatic N) is 1. The average molecular weight is 229 g/mol. The largest absolute Gasteiger partial charge is 0.433 e. The van der Waals surface area contributed by atoms with Gasteiger partial charge in [-0.3, -0.25) is 4.79 Å². The van der Waals surface area contributed by atoms with Gasteiger partial charge in [0.15, 0.2) is 5.76 Å². The molecule has 0 N–H and O–H groups in total. The first-order valence-corrected chi connectivity index (χ1v) is 5.54. The highest BCUT2D eigenvalue weighted by molar-refractivity contribution is 5.97. The van der Waals surface area contributed by atoms with E-state index in [1.165, 1.54) is 6.20 Å². The van der Waals surface area contributed by atoms with Crippen molar-refractivity contribution >= 4 is 5.78 Å². The average Bonchev–Trinajstić information content (AvgIpc) is 2.77. The standard InChI is InChI=1S/C14H15NO2/c1-14(2,3)12(16)11-9-15-13(17-11)10-7-5-4-6-8-10/h4-9H,1-3H3. The molecule has 1 aromatic heterocycles. The first-order chi connectivity index (χ1) is 7.98. The zero-order valence-electron chi connectivity index (χ0n) is 10.2. The van der Waals surface area contributed by atoms with Crippen molar-refractivity contribution < 1.29 is 9.21 Å². The topological polar surface area (TPSA) is 43.1 Å². The number of benzene rings is 1. The van der Waals surface area contributed by atoms with Gasteiger partial charge in [0.25, 0.3) is 0 Å². The number of carbonyl (C=O) groups excluding carboxylic acids is 1. The molecule has 0 fully saturated rings. The summed E-state index contributed by atoms with van der Waals surface area (Å²) in [4.78, 5) is 16.1. The van der Waals surface area contributed by atoms with E-state index in [0.717, 1.165) is 5.56 Å². The van der Waals surface area contributed by atoms with Crippen LogP contribution in [0.15, 0.2) is 40.9 Å². The van der Waals surface area contributed by atoms with Gasteiger partial charge in [-0.25, -0.2) is 4.98 Å². The van der Waals surface area contributed by atoms with Gasteiger partial charge < -0.3 is 4.42 Å². The second-order valence-electron chi connectivity index (χ2n) is 4.97. The molecular weight excluding hydrogens is 214 g/mol. The lowest BCUT2D eigenvalue weighted by Crippen LogP contribution is -2.19. The third kappa shape index (κ3) is 2.44. The third-order valence-electron chi connectivity index (χ3n) is 2.43. The SMILES string of the molecule is CC(C)(C)C(=O)c1cnc(-c2ccccc2)o1. The van der Waals surface area contributed by atoms with E-state index in [1.807, 2.05) is 51.1 Å². The van der Waals surface area contributed by atoms with E-state index in [2.05, 4.69) is 4.98 Å². The minimum atomic E-state index is -0.451. The van der Waals surface area contributed by atoms with E-state index in [4.69, 9.17) is 4.42 Å². The molecule has 88 valence electrons. The summed E-state index contributed by atoms with van der Waals surface area (Å²) in [5.41, 5.74) is 0.425. The van der Waals surface area contributed by atoms with Crippen molar-refractivity contribution in [2.75, 3.05) is 0 Å². The minimum Gasteiger partial charge on any atom is -0.433 e. The van der Waals surface area contributed by atoms with Crippen LogP contribution < -0.4 is 0 Å². The number of rotatable bonds is 2. The fourth-order valence-electron chi connectivity index (χ4n) is 1.46. The Labute approximate surface area is 100 Å². The van der Waals surface area contributed by atoms with Crippen LogP contribution in [0.25, 0.3) is 11.5 Å². The summed E-state index contributed by atoms with van der Waals surface area (Å²) in [5, 5.41) is 0. The highest BCUT2D eigenvalue weighted by atomic mass is 16.4. The van der Waals surface area contributed by atoms with Crippen LogP contribution in [0.3, 0.4) is 0 Å². The zero-order chi connectivity index (χ0) is 12.5. The van der Waals surface area contributed by atoms with Crippen LogP contribution in [0.4, 0.5) is 0 Å². The Morgan fingerprint density at radius 3 is 2.41 bits per heavy atom. The van der Waals surface area contributed by atoms with Crippen molar-refractivity contribution in [3.05, 3.63) is 42.3 Å². The molecule has 0 aliphatic rings. The molecule has 17 heavy (non-hydrogen) atoms. The lowest BCUT2D eigenvalue weighted by molar-refractivity contribution is 0.0829. The predicted molar refractivity (Wildman–Crippen MR) is 65.7 cm³/mol. The van der Waals surface area contributed by atoms with Gasteiger partial charge in [0, 0.05) is 11.0 Å². The van der Waals surface area contributed by atoms with Crippen molar-refractivity contribution in [1.82, 2.24) is 4.98 Å². The molecule has 0 unspecified atom stereocenters. The highest BCUT2D eigenvalue weighted by Crippen LogP contribution is 2.24. The molecule has 0 atom stereocenters. The summed E-state index contributed by atoms with van der Waals surface area (Å²) < 4.78 is 5.50. The molecular formula is C14H15NO2. The molecule has 0 aliphatic heterocycles. The molecule has 2 aromatic rings. The molecule has 0 aliphatic carbocycles. The molecule has 3 nitrogen and oxygen atoms in total. The monoisotopic (exact) mass is 229 g/mol. The van der Waals surface area contributed by atoms with Gasteiger partial charge in [-0.05, 0) is 12.1 Å². The maximum Gasteiger partial charge on any atom is 0.226 e. The van der Waals surface area contributed by atoms with Crippen LogP contribution in [0.2, 0.25) is 0 Å². The van der Waals surface area contributed by atoms with Gasteiger partial charge >= 0.3 is 0 Å². The van der Waals surface area contributed by atoms with Crippen LogP contribution in [0.1, 0.15) is 31.3 Å². The van der Waals surface area contributed by atoms with Gasteiger partial charge in [-0.15, -0.1) is 0 Å². The lowest BCUT2D eigenvalue weighted by Gasteiger charge is -2.13. The molecule has 0 saturated carbocycles. The number of carbonyl (C=O) groups is 1. The molecule has 1 aromatic carbocycles. The smallest absolute Gasteiger partial charge is 0.226 e. The number of hydrogen-bond acceptors (Lipinski definition) is 3. The summed E-state index contributed by atoms with van der Waals surface area (Å²) in [6, 6.07) is 9.54. The predicted octanol–water partition coefficient (Wildman–Crippen LogP) is 3.57. The number of ketones is 1. The Morgan fingerprint density at radius 1 is 1.18 bits per heavy atom. The maximum absolute atomic E-state index is 12.0. The normalized spacial score (nSPS) is 11.5. The molecule has 0 spiro atoms. The number of hydrogen-bond donors (Lipinski definition) is 0. The van der Waals surface area contributed by atoms with Gasteiger partial charge in [0.05, 0.1) is 6.20 Å². The summed E-state index contributed by atoms with van der Waals surface area (Å²) in [6.45, 7) is 5.58. The minimum absolute atomic E-state index is 0.0350. The Bertz CT molecular complexity index is 521. The Balaban J connectivity index is 2.32. The molecule has 1 heterocycles. The van der Waals surface area contributed by atoms with Crippen LogP contribution >= 0.6 is 0 Å². The van der Waals surface area contributed by atoms with Crippen LogP contribution in [-0.2, 0) is 0 Å². The van der Waals surface area contributed by atoms with E-state index >= 15 is 0 Å². The molecule has 3 heteroatoms. The van der Waals surface area contributed by atoms with Crippen molar-refractivity contribution in [3.63, 3.8) is 0 Å². The first kappa shape index (κ1) is 11.6. The first-order valence-electron chi connectivity index (χ1n) is 5.54. The Hall–Kier alpha value is -1.90. The summed E-state index contributed by atoms with van der Waals surface area (Å²) in [7, 11) is 0. The molecule has 0 amide bonds. The number of oxazole rings is 1. The third-order valence-corrected chi connectivity index (χ3v) is 2.43. The maximum atomic E-state index is 12.0. The lowest BCUT2D eigenvalue weighted by atomic mass is 9.90. The molecule has 2 rings (SSSR count). The van der Waals surface area contributed by atoms with Crippen molar-refractivity contribution in [3.8, 4) is 11.5 Å². The zero-order valence-corrected chi connectivity index (χ0v) is 10.2. The van der Waals surface area contributed by atoms with Crippen molar-refractivity contribution in [1.29, 1.82) is 0 Å². The molecule has 0 bridgehead atoms. The van der Waals surface area contributed by atoms with Crippen molar-refractivity contribution in [2.24, 2.45) is 5.41 Å². The Kier molecular flexibility index (Phi) is 2.84. The van der Waals surface area contributed by atoms with E-state index in [-0.39, 0.29) is 5.78 Å². The van der Waals surface area contributed by atoms with Gasteiger partial charge in [0.2, 0.25) is 11.7 Å². The Morgan fingerprint density at radius 2 is 1.82 bits per heavy atom. The quantitative estimate of drug-likeness (QED) is 0.739. The van der Waals surface area contributed by atoms with Crippen LogP contribution in [0, 0.1) is 5.41 Å². The van der Waals surface area contributed by atoms with E-state index in [1.54, 1.807) is 0 Å². The van der Waals surface area contributed by atoms with Gasteiger partial charge in [0.1, 0.15) is 0 Å². The molecule has 0 saturated heterocycles. The van der Waals surface area contributed by atoms with Gasteiger partial charge in [-0.1, -0.05) is 39.0 Å². The van der Waals surface area contributed by atoms with E-state index < -0.39 is 5.41 Å². The second kappa shape index (κ2) is 4.17. The number of aromatic nitrogens is 1. The van der Waals surface area contributed by atoms with Gasteiger partial charge in [-0.2, -0.15) is 0 Å². The summed E-state index contributed by atoms with van der Waals surface area (Å²) >= 11 is 0. The second-order valence-corrected chi connectivity index (χ2v) is 4.97. The molecule has 0 radical (unpaired) electrons. The number of Topliss-reactive ketones (excluding diaryl/α,β-unsaturated/α-hetero) is 1. The highest BCUT2D eigenvalue weighted by Gasteiger charge is 2.26. The van der Waals surface area contributed by atoms with E-state index in [0.29, 0.717) is 11.7 Å². The van der Waals surface area contributed by atoms with Crippen LogP contribution in [0.5, 0.6) is 0 Å². The fraction of sp³-hybridized carbons (Fsp3) is 0.286. The fourth-order valence-corrected chi connectivity index (χ4v) is 1.46. The van der Waals surface area contributed by atoms with Crippen LogP contribution in [-0.4, -0.2) is 10.8 Å². The van der Waals surface area contributed by atoms with Crippen molar-refractivity contribution in [2.45, 2.75) is 20.8 Å². The van der Waals surface area contributed by atoms with E-state index in [9.17, 15) is 4.79 Å².